The third-order valence-corrected chi connectivity index (χ3v) is 3.96. The average Bonchev–Trinajstić information content (AvgIpc) is 2.63. The molecule has 0 spiro atoms. The van der Waals surface area contributed by atoms with E-state index in [0.29, 0.717) is 21.3 Å². The largest absolute Gasteiger partial charge is 0.399 e. The Morgan fingerprint density at radius 1 is 1.53 bits per heavy atom. The van der Waals surface area contributed by atoms with Crippen molar-refractivity contribution in [3.8, 4) is 0 Å². The number of aryl methyl sites for hydroxylation is 1. The summed E-state index contributed by atoms with van der Waals surface area (Å²) in [6, 6.07) is 4.94. The van der Waals surface area contributed by atoms with E-state index in [9.17, 15) is 4.21 Å². The molecule has 1 aromatic carbocycles. The van der Waals surface area contributed by atoms with Crippen molar-refractivity contribution in [1.29, 1.82) is 0 Å². The van der Waals surface area contributed by atoms with Crippen LogP contribution in [0.5, 0.6) is 0 Å². The van der Waals surface area contributed by atoms with Gasteiger partial charge in [-0.3, -0.25) is 8.89 Å². The lowest BCUT2D eigenvalue weighted by molar-refractivity contribution is 0.682. The van der Waals surface area contributed by atoms with E-state index in [1.54, 1.807) is 36.1 Å². The first kappa shape index (κ1) is 12.1. The van der Waals surface area contributed by atoms with Gasteiger partial charge in [0.15, 0.2) is 0 Å². The summed E-state index contributed by atoms with van der Waals surface area (Å²) in [6.45, 7) is 0. The second-order valence-electron chi connectivity index (χ2n) is 3.56. The minimum atomic E-state index is -1.24. The molecule has 0 saturated heterocycles. The van der Waals surface area contributed by atoms with Crippen molar-refractivity contribution in [3.63, 3.8) is 0 Å². The Bertz CT molecular complexity index is 569. The van der Waals surface area contributed by atoms with Crippen LogP contribution in [0.1, 0.15) is 5.69 Å². The second-order valence-corrected chi connectivity index (χ2v) is 5.39. The lowest BCUT2D eigenvalue weighted by Crippen LogP contribution is -1.98. The fourth-order valence-electron chi connectivity index (χ4n) is 1.38. The van der Waals surface area contributed by atoms with Crippen LogP contribution in [0.15, 0.2) is 29.3 Å². The predicted octanol–water partition coefficient (Wildman–Crippen LogP) is 1.36. The highest BCUT2D eigenvalue weighted by Gasteiger charge is 2.11. The van der Waals surface area contributed by atoms with Gasteiger partial charge in [0, 0.05) is 18.9 Å². The van der Waals surface area contributed by atoms with Gasteiger partial charge in [0.1, 0.15) is 0 Å². The van der Waals surface area contributed by atoms with Gasteiger partial charge in [0.25, 0.3) is 0 Å². The van der Waals surface area contributed by atoms with Crippen molar-refractivity contribution >= 4 is 28.1 Å². The molecule has 0 saturated carbocycles. The van der Waals surface area contributed by atoms with E-state index in [0.717, 1.165) is 0 Å². The normalized spacial score (nSPS) is 12.6. The zero-order valence-electron chi connectivity index (χ0n) is 9.13. The van der Waals surface area contributed by atoms with Gasteiger partial charge in [0.2, 0.25) is 0 Å². The summed E-state index contributed by atoms with van der Waals surface area (Å²) in [5.41, 5.74) is 6.79. The summed E-state index contributed by atoms with van der Waals surface area (Å²) >= 11 is 5.98. The SMILES string of the molecule is Cn1cc(CS(=O)c2ccc(N)cc2Cl)nn1. The molecule has 2 aromatic rings. The van der Waals surface area contributed by atoms with E-state index in [-0.39, 0.29) is 5.75 Å². The fraction of sp³-hybridized carbons (Fsp3) is 0.200. The summed E-state index contributed by atoms with van der Waals surface area (Å²) in [5, 5.41) is 8.07. The van der Waals surface area contributed by atoms with E-state index < -0.39 is 10.8 Å². The molecule has 0 aliphatic heterocycles. The molecule has 2 rings (SSSR count). The average molecular weight is 271 g/mol. The van der Waals surface area contributed by atoms with E-state index in [2.05, 4.69) is 10.3 Å². The molecule has 0 radical (unpaired) electrons. The smallest absolute Gasteiger partial charge is 0.0955 e. The molecule has 1 heterocycles. The first-order chi connectivity index (χ1) is 8.06. The van der Waals surface area contributed by atoms with Gasteiger partial charge in [-0.05, 0) is 18.2 Å². The molecule has 0 amide bonds. The van der Waals surface area contributed by atoms with Gasteiger partial charge >= 0.3 is 0 Å². The summed E-state index contributed by atoms with van der Waals surface area (Å²) < 4.78 is 13.6. The Balaban J connectivity index is 2.20. The molecule has 1 aromatic heterocycles. The maximum atomic E-state index is 12.1. The van der Waals surface area contributed by atoms with Gasteiger partial charge in [-0.2, -0.15) is 0 Å². The van der Waals surface area contributed by atoms with Crippen LogP contribution >= 0.6 is 11.6 Å². The molecule has 1 unspecified atom stereocenters. The molecular formula is C10H11ClN4OS. The molecule has 0 aliphatic carbocycles. The molecular weight excluding hydrogens is 260 g/mol. The quantitative estimate of drug-likeness (QED) is 0.855. The Morgan fingerprint density at radius 2 is 2.29 bits per heavy atom. The highest BCUT2D eigenvalue weighted by atomic mass is 35.5. The minimum absolute atomic E-state index is 0.289. The molecule has 0 fully saturated rings. The number of anilines is 1. The van der Waals surface area contributed by atoms with E-state index in [1.807, 2.05) is 0 Å². The number of rotatable bonds is 3. The number of nitrogens with zero attached hydrogens (tertiary/aromatic N) is 3. The van der Waals surface area contributed by atoms with Gasteiger partial charge < -0.3 is 5.73 Å². The topological polar surface area (TPSA) is 73.8 Å². The summed E-state index contributed by atoms with van der Waals surface area (Å²) in [6.07, 6.45) is 1.73. The van der Waals surface area contributed by atoms with E-state index in [1.165, 1.54) is 0 Å². The standard InChI is InChI=1S/C10H11ClN4OS/c1-15-5-8(13-14-15)6-17(16)10-3-2-7(12)4-9(10)11/h2-5H,6,12H2,1H3. The summed E-state index contributed by atoms with van der Waals surface area (Å²) in [7, 11) is 0.515. The molecule has 0 bridgehead atoms. The van der Waals surface area contributed by atoms with Crippen molar-refractivity contribution < 1.29 is 4.21 Å². The third kappa shape index (κ3) is 2.83. The molecule has 2 N–H and O–H groups in total. The fourth-order valence-corrected chi connectivity index (χ4v) is 2.88. The summed E-state index contributed by atoms with van der Waals surface area (Å²) in [4.78, 5) is 0.562. The lowest BCUT2D eigenvalue weighted by atomic mass is 10.3. The third-order valence-electron chi connectivity index (χ3n) is 2.13. The van der Waals surface area contributed by atoms with Crippen molar-refractivity contribution in [3.05, 3.63) is 35.1 Å². The number of aromatic nitrogens is 3. The van der Waals surface area contributed by atoms with Crippen molar-refractivity contribution in [2.75, 3.05) is 5.73 Å². The highest BCUT2D eigenvalue weighted by molar-refractivity contribution is 7.84. The zero-order valence-corrected chi connectivity index (χ0v) is 10.7. The lowest BCUT2D eigenvalue weighted by Gasteiger charge is -2.03. The van der Waals surface area contributed by atoms with Crippen molar-refractivity contribution in [2.24, 2.45) is 7.05 Å². The van der Waals surface area contributed by atoms with Crippen LogP contribution in [0, 0.1) is 0 Å². The number of nitrogens with two attached hydrogens (primary N) is 1. The van der Waals surface area contributed by atoms with Gasteiger partial charge in [-0.1, -0.05) is 16.8 Å². The van der Waals surface area contributed by atoms with Crippen LogP contribution < -0.4 is 5.73 Å². The molecule has 0 aliphatic rings. The molecule has 7 heteroatoms. The zero-order chi connectivity index (χ0) is 12.4. The Kier molecular flexibility index (Phi) is 3.44. The summed E-state index contributed by atoms with van der Waals surface area (Å²) in [5.74, 6) is 0.289. The molecule has 1 atom stereocenters. The van der Waals surface area contributed by atoms with E-state index in [4.69, 9.17) is 17.3 Å². The van der Waals surface area contributed by atoms with Gasteiger partial charge in [-0.15, -0.1) is 5.10 Å². The van der Waals surface area contributed by atoms with Crippen molar-refractivity contribution in [2.45, 2.75) is 10.6 Å². The monoisotopic (exact) mass is 270 g/mol. The maximum absolute atomic E-state index is 12.1. The van der Waals surface area contributed by atoms with Crippen LogP contribution in [0.3, 0.4) is 0 Å². The van der Waals surface area contributed by atoms with Crippen LogP contribution in [-0.2, 0) is 23.6 Å². The highest BCUT2D eigenvalue weighted by Crippen LogP contribution is 2.23. The van der Waals surface area contributed by atoms with Crippen LogP contribution in [0.25, 0.3) is 0 Å². The van der Waals surface area contributed by atoms with Gasteiger partial charge in [-0.25, -0.2) is 0 Å². The van der Waals surface area contributed by atoms with E-state index >= 15 is 0 Å². The van der Waals surface area contributed by atoms with Crippen LogP contribution in [0.4, 0.5) is 5.69 Å². The van der Waals surface area contributed by atoms with Crippen LogP contribution in [0.2, 0.25) is 5.02 Å². The second kappa shape index (κ2) is 4.85. The number of benzene rings is 1. The number of nitrogen functional groups attached to an aromatic ring is 1. The van der Waals surface area contributed by atoms with Crippen LogP contribution in [-0.4, -0.2) is 19.2 Å². The molecule has 5 nitrogen and oxygen atoms in total. The Hall–Kier alpha value is -1.40. The molecule has 90 valence electrons. The van der Waals surface area contributed by atoms with Crippen molar-refractivity contribution in [1.82, 2.24) is 15.0 Å². The Labute approximate surface area is 106 Å². The number of halogens is 1. The molecule has 17 heavy (non-hydrogen) atoms. The Morgan fingerprint density at radius 3 is 2.88 bits per heavy atom. The van der Waals surface area contributed by atoms with Gasteiger partial charge in [0.05, 0.1) is 32.2 Å². The number of hydrogen-bond donors (Lipinski definition) is 1. The number of hydrogen-bond acceptors (Lipinski definition) is 4. The predicted molar refractivity (Wildman–Crippen MR) is 67.0 cm³/mol. The maximum Gasteiger partial charge on any atom is 0.0955 e. The first-order valence-electron chi connectivity index (χ1n) is 4.85. The first-order valence-corrected chi connectivity index (χ1v) is 6.54. The minimum Gasteiger partial charge on any atom is -0.399 e.